The first-order valence-electron chi connectivity index (χ1n) is 9.18. The van der Waals surface area contributed by atoms with Crippen LogP contribution in [0.25, 0.3) is 0 Å². The van der Waals surface area contributed by atoms with Crippen molar-refractivity contribution in [1.82, 2.24) is 14.1 Å². The molecule has 1 aromatic rings. The largest absolute Gasteiger partial charge is 0.395 e. The van der Waals surface area contributed by atoms with E-state index in [1.807, 2.05) is 4.90 Å². The van der Waals surface area contributed by atoms with Crippen molar-refractivity contribution < 1.29 is 18.3 Å². The summed E-state index contributed by atoms with van der Waals surface area (Å²) in [4.78, 5) is 4.36. The molecule has 0 aliphatic carbocycles. The summed E-state index contributed by atoms with van der Waals surface area (Å²) >= 11 is 11.8. The Hall–Kier alpha value is -1.01. The van der Waals surface area contributed by atoms with Crippen LogP contribution in [0.2, 0.25) is 5.02 Å². The molecule has 0 saturated carbocycles. The van der Waals surface area contributed by atoms with Crippen molar-refractivity contribution in [3.8, 4) is 0 Å². The fraction of sp³-hybridized carbons (Fsp3) is 0.588. The van der Waals surface area contributed by atoms with Crippen LogP contribution in [-0.4, -0.2) is 98.4 Å². The number of nitrogens with zero attached hydrogens (tertiary/aromatic N) is 3. The van der Waals surface area contributed by atoms with Crippen LogP contribution in [-0.2, 0) is 14.8 Å². The lowest BCUT2D eigenvalue weighted by Gasteiger charge is -2.36. The van der Waals surface area contributed by atoms with Crippen molar-refractivity contribution in [1.29, 1.82) is 0 Å². The Morgan fingerprint density at radius 1 is 1.18 bits per heavy atom. The molecule has 2 aliphatic heterocycles. The number of morpholine rings is 1. The molecule has 11 heteroatoms. The Balaban J connectivity index is 1.69. The first-order valence-corrected chi connectivity index (χ1v) is 11.4. The quantitative estimate of drug-likeness (QED) is 0.636. The number of ether oxygens (including phenoxy) is 1. The fourth-order valence-electron chi connectivity index (χ4n) is 3.21. The van der Waals surface area contributed by atoms with Crippen molar-refractivity contribution in [2.75, 3.05) is 71.0 Å². The average Bonchev–Trinajstić information content (AvgIpc) is 2.71. The third kappa shape index (κ3) is 5.12. The van der Waals surface area contributed by atoms with E-state index in [0.717, 1.165) is 26.2 Å². The monoisotopic (exact) mass is 448 g/mol. The molecule has 1 aromatic carbocycles. The van der Waals surface area contributed by atoms with E-state index in [9.17, 15) is 8.42 Å². The number of halogens is 1. The predicted molar refractivity (Wildman–Crippen MR) is 112 cm³/mol. The third-order valence-electron chi connectivity index (χ3n) is 4.86. The molecule has 28 heavy (non-hydrogen) atoms. The van der Waals surface area contributed by atoms with Gasteiger partial charge in [-0.15, -0.1) is 0 Å². The third-order valence-corrected chi connectivity index (χ3v) is 7.45. The number of β-amino-alcohol motifs (C(OH)–C–C–N with tert-alkyl or cyclic N) is 1. The lowest BCUT2D eigenvalue weighted by Crippen LogP contribution is -2.50. The van der Waals surface area contributed by atoms with Crippen molar-refractivity contribution in [2.24, 2.45) is 0 Å². The Kier molecular flexibility index (Phi) is 7.48. The molecule has 0 aromatic heterocycles. The number of hydrogen-bond acceptors (Lipinski definition) is 6. The Bertz CT molecular complexity index is 794. The maximum Gasteiger partial charge on any atom is 0.243 e. The molecule has 2 saturated heterocycles. The van der Waals surface area contributed by atoms with Crippen molar-refractivity contribution in [2.45, 2.75) is 4.90 Å². The SMILES string of the molecule is O=S(=O)(c1ccc(Cl)c(NC(=S)N2CCN(CCO)CC2)c1)N1CCOCC1. The van der Waals surface area contributed by atoms with E-state index < -0.39 is 10.0 Å². The maximum absolute atomic E-state index is 12.9. The van der Waals surface area contributed by atoms with Crippen LogP contribution >= 0.6 is 23.8 Å². The average molecular weight is 449 g/mol. The van der Waals surface area contributed by atoms with E-state index in [4.69, 9.17) is 33.7 Å². The lowest BCUT2D eigenvalue weighted by molar-refractivity contribution is 0.0730. The second kappa shape index (κ2) is 9.66. The summed E-state index contributed by atoms with van der Waals surface area (Å²) in [6.07, 6.45) is 0. The Morgan fingerprint density at radius 3 is 2.50 bits per heavy atom. The smallest absolute Gasteiger partial charge is 0.243 e. The Labute approximate surface area is 176 Å². The van der Waals surface area contributed by atoms with E-state index in [2.05, 4.69) is 10.2 Å². The predicted octanol–water partition coefficient (Wildman–Crippen LogP) is 0.668. The number of aliphatic hydroxyl groups excluding tert-OH is 1. The molecule has 8 nitrogen and oxygen atoms in total. The molecular weight excluding hydrogens is 424 g/mol. The van der Waals surface area contributed by atoms with Crippen LogP contribution in [0.3, 0.4) is 0 Å². The first-order chi connectivity index (χ1) is 13.4. The molecule has 0 spiro atoms. The number of hydrogen-bond donors (Lipinski definition) is 2. The van der Waals surface area contributed by atoms with E-state index >= 15 is 0 Å². The van der Waals surface area contributed by atoms with E-state index in [1.54, 1.807) is 6.07 Å². The molecule has 2 fully saturated rings. The number of anilines is 1. The summed E-state index contributed by atoms with van der Waals surface area (Å²) in [6.45, 7) is 5.33. The van der Waals surface area contributed by atoms with Crippen LogP contribution in [0, 0.1) is 0 Å². The van der Waals surface area contributed by atoms with Gasteiger partial charge in [0, 0.05) is 45.8 Å². The minimum absolute atomic E-state index is 0.142. The molecule has 2 heterocycles. The van der Waals surface area contributed by atoms with Gasteiger partial charge in [0.1, 0.15) is 0 Å². The highest BCUT2D eigenvalue weighted by Gasteiger charge is 2.27. The van der Waals surface area contributed by atoms with Gasteiger partial charge in [0.2, 0.25) is 10.0 Å². The lowest BCUT2D eigenvalue weighted by atomic mass is 10.3. The summed E-state index contributed by atoms with van der Waals surface area (Å²) in [6, 6.07) is 4.61. The molecule has 2 N–H and O–H groups in total. The molecule has 156 valence electrons. The summed E-state index contributed by atoms with van der Waals surface area (Å²) in [5, 5.41) is 13.0. The molecule has 2 aliphatic rings. The molecule has 3 rings (SSSR count). The maximum atomic E-state index is 12.9. The van der Waals surface area contributed by atoms with E-state index in [0.29, 0.717) is 48.7 Å². The number of thiocarbonyl (C=S) groups is 1. The van der Waals surface area contributed by atoms with Gasteiger partial charge in [-0.05, 0) is 30.4 Å². The zero-order chi connectivity index (χ0) is 20.1. The van der Waals surface area contributed by atoms with Crippen LogP contribution in [0.1, 0.15) is 0 Å². The number of rotatable bonds is 5. The van der Waals surface area contributed by atoms with E-state index in [1.165, 1.54) is 16.4 Å². The van der Waals surface area contributed by atoms with Crippen molar-refractivity contribution in [3.63, 3.8) is 0 Å². The highest BCUT2D eigenvalue weighted by molar-refractivity contribution is 7.89. The fourth-order valence-corrected chi connectivity index (χ4v) is 5.10. The van der Waals surface area contributed by atoms with Gasteiger partial charge >= 0.3 is 0 Å². The van der Waals surface area contributed by atoms with Crippen LogP contribution in [0.5, 0.6) is 0 Å². The minimum Gasteiger partial charge on any atom is -0.395 e. The summed E-state index contributed by atoms with van der Waals surface area (Å²) in [5.74, 6) is 0. The van der Waals surface area contributed by atoms with Gasteiger partial charge in [-0.1, -0.05) is 11.6 Å². The Morgan fingerprint density at radius 2 is 1.86 bits per heavy atom. The van der Waals surface area contributed by atoms with Crippen molar-refractivity contribution in [3.05, 3.63) is 23.2 Å². The number of aliphatic hydroxyl groups is 1. The van der Waals surface area contributed by atoms with Gasteiger partial charge in [0.25, 0.3) is 0 Å². The van der Waals surface area contributed by atoms with Crippen LogP contribution in [0.15, 0.2) is 23.1 Å². The highest BCUT2D eigenvalue weighted by Crippen LogP contribution is 2.27. The molecule has 0 radical (unpaired) electrons. The van der Waals surface area contributed by atoms with Crippen molar-refractivity contribution >= 4 is 44.6 Å². The number of piperazine rings is 1. The topological polar surface area (TPSA) is 85.4 Å². The molecular formula is C17H25ClN4O4S2. The second-order valence-electron chi connectivity index (χ2n) is 6.64. The first kappa shape index (κ1) is 21.7. The van der Waals surface area contributed by atoms with Gasteiger partial charge in [-0.3, -0.25) is 4.90 Å². The number of nitrogens with one attached hydrogen (secondary N) is 1. The molecule has 0 amide bonds. The summed E-state index contributed by atoms with van der Waals surface area (Å²) in [5.41, 5.74) is 0.471. The number of sulfonamides is 1. The zero-order valence-corrected chi connectivity index (χ0v) is 17.9. The molecule has 0 atom stereocenters. The normalized spacial score (nSPS) is 19.6. The zero-order valence-electron chi connectivity index (χ0n) is 15.5. The van der Waals surface area contributed by atoms with Gasteiger partial charge in [0.05, 0.1) is 35.4 Å². The van der Waals surface area contributed by atoms with Gasteiger partial charge in [-0.2, -0.15) is 4.31 Å². The summed E-state index contributed by atoms with van der Waals surface area (Å²) in [7, 11) is -3.61. The van der Waals surface area contributed by atoms with Gasteiger partial charge in [-0.25, -0.2) is 8.42 Å². The van der Waals surface area contributed by atoms with E-state index in [-0.39, 0.29) is 11.5 Å². The van der Waals surface area contributed by atoms with Gasteiger partial charge in [0.15, 0.2) is 5.11 Å². The molecule has 0 unspecified atom stereocenters. The highest BCUT2D eigenvalue weighted by atomic mass is 35.5. The number of benzene rings is 1. The van der Waals surface area contributed by atoms with Crippen LogP contribution in [0.4, 0.5) is 5.69 Å². The molecule has 0 bridgehead atoms. The minimum atomic E-state index is -3.61. The summed E-state index contributed by atoms with van der Waals surface area (Å²) < 4.78 is 32.4. The standard InChI is InChI=1S/C17H25ClN4O4S2/c18-15-2-1-14(28(24,25)22-8-11-26-12-9-22)13-16(15)19-17(27)21-5-3-20(4-6-21)7-10-23/h1-2,13,23H,3-12H2,(H,19,27). The van der Waals surface area contributed by atoms with Crippen LogP contribution < -0.4 is 5.32 Å². The second-order valence-corrected chi connectivity index (χ2v) is 9.37. The van der Waals surface area contributed by atoms with Gasteiger partial charge < -0.3 is 20.1 Å².